The molecule has 0 amide bonds. The molecule has 1 unspecified atom stereocenters. The Bertz CT molecular complexity index is 2630. The van der Waals surface area contributed by atoms with E-state index in [1.807, 2.05) is 47.3 Å². The number of hydrogen-bond acceptors (Lipinski definition) is 14. The van der Waals surface area contributed by atoms with E-state index < -0.39 is 19.9 Å². The number of aromatic hydroxyl groups is 1. The monoisotopic (exact) mass is 914 g/mol. The van der Waals surface area contributed by atoms with E-state index in [4.69, 9.17) is 18.6 Å². The third kappa shape index (κ3) is 9.19. The summed E-state index contributed by atoms with van der Waals surface area (Å²) in [5.74, 6) is 0.713. The Balaban J connectivity index is 0.885. The molecule has 2 aromatic carbocycles. The molecule has 1 aliphatic heterocycles. The van der Waals surface area contributed by atoms with Crippen molar-refractivity contribution >= 4 is 58.9 Å². The third-order valence-corrected chi connectivity index (χ3v) is 19.6. The van der Waals surface area contributed by atoms with Crippen LogP contribution < -0.4 is 20.3 Å². The summed E-state index contributed by atoms with van der Waals surface area (Å²) < 4.78 is 27.1. The Morgan fingerprint density at radius 3 is 2.57 bits per heavy atom. The van der Waals surface area contributed by atoms with Crippen LogP contribution in [-0.2, 0) is 32.6 Å². The molecule has 1 fully saturated rings. The van der Waals surface area contributed by atoms with E-state index in [1.165, 1.54) is 28.7 Å². The zero-order valence-electron chi connectivity index (χ0n) is 37.0. The fourth-order valence-corrected chi connectivity index (χ4v) is 11.5. The zero-order chi connectivity index (χ0) is 44.7. The predicted molar refractivity (Wildman–Crippen MR) is 248 cm³/mol. The van der Waals surface area contributed by atoms with Gasteiger partial charge in [0, 0.05) is 47.6 Å². The SMILES string of the molecule is Cc1ccc([C@](O)(C(=O)OC2CCC(N(C)CCCn3nnc4cc(CNCC(O[Si](C)(C)C(C)(C)C)c5ccc(O)c6[nH]c(=O)ccc56)c5c(c43)OCO5)CC2)c2cccs2)s1. The average Bonchev–Trinajstić information content (AvgIpc) is 4.09. The first kappa shape index (κ1) is 45.0. The molecular weight excluding hydrogens is 857 g/mol. The van der Waals surface area contributed by atoms with E-state index in [-0.39, 0.29) is 35.3 Å². The largest absolute Gasteiger partial charge is 0.506 e. The van der Waals surface area contributed by atoms with Gasteiger partial charge in [0.15, 0.2) is 19.8 Å². The van der Waals surface area contributed by atoms with Gasteiger partial charge in [-0.3, -0.25) is 4.79 Å². The van der Waals surface area contributed by atoms with Crippen LogP contribution in [-0.4, -0.2) is 88.5 Å². The molecule has 2 aliphatic rings. The van der Waals surface area contributed by atoms with Gasteiger partial charge in [-0.1, -0.05) is 38.1 Å². The summed E-state index contributed by atoms with van der Waals surface area (Å²) in [4.78, 5) is 33.1. The van der Waals surface area contributed by atoms with Crippen molar-refractivity contribution in [2.75, 3.05) is 26.9 Å². The van der Waals surface area contributed by atoms with Crippen LogP contribution in [0.5, 0.6) is 17.2 Å². The minimum absolute atomic E-state index is 0.0110. The highest BCUT2D eigenvalue weighted by molar-refractivity contribution is 7.13. The van der Waals surface area contributed by atoms with Gasteiger partial charge in [0.2, 0.25) is 18.0 Å². The van der Waals surface area contributed by atoms with Crippen molar-refractivity contribution in [2.45, 2.75) is 115 Å². The van der Waals surface area contributed by atoms with E-state index >= 15 is 0 Å². The van der Waals surface area contributed by atoms with E-state index in [0.717, 1.165) is 71.1 Å². The Labute approximate surface area is 376 Å². The summed E-state index contributed by atoms with van der Waals surface area (Å²) >= 11 is 2.77. The number of phenols is 1. The highest BCUT2D eigenvalue weighted by Gasteiger charge is 2.45. The lowest BCUT2D eigenvalue weighted by molar-refractivity contribution is -0.169. The van der Waals surface area contributed by atoms with Gasteiger partial charge in [-0.2, -0.15) is 0 Å². The zero-order valence-corrected chi connectivity index (χ0v) is 39.7. The molecule has 17 heteroatoms. The number of benzene rings is 2. The number of aromatic amines is 1. The van der Waals surface area contributed by atoms with E-state index in [0.29, 0.717) is 52.4 Å². The number of fused-ring (bicyclic) bond motifs is 4. The van der Waals surface area contributed by atoms with Crippen LogP contribution in [0.2, 0.25) is 18.1 Å². The molecule has 8 rings (SSSR count). The maximum absolute atomic E-state index is 13.6. The topological polar surface area (TPSA) is 173 Å². The van der Waals surface area contributed by atoms with Crippen molar-refractivity contribution in [3.8, 4) is 17.2 Å². The lowest BCUT2D eigenvalue weighted by Crippen LogP contribution is -2.43. The van der Waals surface area contributed by atoms with Crippen molar-refractivity contribution in [3.05, 3.63) is 96.1 Å². The number of aromatic nitrogens is 4. The Hall–Kier alpha value is -4.62. The van der Waals surface area contributed by atoms with Gasteiger partial charge in [0.05, 0.1) is 21.4 Å². The molecular formula is C46H58N6O8S2Si. The number of esters is 1. The van der Waals surface area contributed by atoms with Gasteiger partial charge in [-0.15, -0.1) is 27.8 Å². The van der Waals surface area contributed by atoms with Crippen LogP contribution in [0, 0.1) is 6.92 Å². The van der Waals surface area contributed by atoms with Gasteiger partial charge >= 0.3 is 5.97 Å². The first-order valence-corrected chi connectivity index (χ1v) is 26.3. The number of nitrogens with one attached hydrogen (secondary N) is 2. The lowest BCUT2D eigenvalue weighted by Gasteiger charge is -2.39. The Morgan fingerprint density at radius 1 is 1.08 bits per heavy atom. The number of phenolic OH excluding ortho intramolecular Hbond substituents is 1. The molecule has 0 saturated heterocycles. The number of aliphatic hydroxyl groups is 1. The predicted octanol–water partition coefficient (Wildman–Crippen LogP) is 8.10. The summed E-state index contributed by atoms with van der Waals surface area (Å²) in [5.41, 5.74) is 1.60. The number of hydrogen-bond donors (Lipinski definition) is 4. The van der Waals surface area contributed by atoms with Crippen molar-refractivity contribution in [1.29, 1.82) is 0 Å². The molecule has 0 radical (unpaired) electrons. The molecule has 0 spiro atoms. The van der Waals surface area contributed by atoms with Crippen LogP contribution in [0.25, 0.3) is 21.9 Å². The van der Waals surface area contributed by atoms with Gasteiger partial charge in [0.1, 0.15) is 22.9 Å². The fourth-order valence-electron chi connectivity index (χ4n) is 8.42. The third-order valence-electron chi connectivity index (χ3n) is 13.0. The van der Waals surface area contributed by atoms with Gasteiger partial charge in [-0.05, 0) is 118 Å². The number of carbonyl (C=O) groups excluding carboxylic acids is 1. The molecule has 1 aliphatic carbocycles. The number of ether oxygens (including phenoxy) is 3. The van der Waals surface area contributed by atoms with Crippen molar-refractivity contribution in [2.24, 2.45) is 0 Å². The van der Waals surface area contributed by atoms with Crippen molar-refractivity contribution in [3.63, 3.8) is 0 Å². The number of rotatable bonds is 16. The van der Waals surface area contributed by atoms with Crippen molar-refractivity contribution < 1.29 is 33.6 Å². The molecule has 2 atom stereocenters. The molecule has 0 bridgehead atoms. The number of nitrogens with zero attached hydrogens (tertiary/aromatic N) is 4. The second-order valence-electron chi connectivity index (χ2n) is 18.3. The summed E-state index contributed by atoms with van der Waals surface area (Å²) in [6.07, 6.45) is 3.47. The molecule has 4 aromatic heterocycles. The smallest absolute Gasteiger partial charge is 0.349 e. The summed E-state index contributed by atoms with van der Waals surface area (Å²) in [5, 5.41) is 37.6. The van der Waals surface area contributed by atoms with Crippen LogP contribution in [0.1, 0.15) is 84.7 Å². The highest BCUT2D eigenvalue weighted by Crippen LogP contribution is 2.44. The van der Waals surface area contributed by atoms with E-state index in [1.54, 1.807) is 18.2 Å². The summed E-state index contributed by atoms with van der Waals surface area (Å²) in [7, 11) is -0.124. The molecule has 336 valence electrons. The second-order valence-corrected chi connectivity index (χ2v) is 25.3. The standard InChI is InChI=1S/C46H58N6O8S2Si/c1-28-11-19-38(62-28)46(56,37-10-8-23-61-37)44(55)59-31-14-12-30(13-15-31)51(5)21-9-22-52-41-34(49-50-52)24-29(42-43(41)58-27-57-42)25-47-26-36(60-63(6,7)45(2,3)4)32-16-18-35(53)40-33(32)17-20-39(54)48-40/h8,10-11,16-20,23-24,30-31,36,47,53,56H,9,12-15,21-22,25-27H2,1-7H3,(H,48,54)/t30?,31?,36?,46-/m0/s1. The minimum Gasteiger partial charge on any atom is -0.506 e. The van der Waals surface area contributed by atoms with Crippen LogP contribution in [0.3, 0.4) is 0 Å². The molecule has 4 N–H and O–H groups in total. The van der Waals surface area contributed by atoms with Gasteiger partial charge in [0.25, 0.3) is 0 Å². The average molecular weight is 915 g/mol. The molecule has 6 aromatic rings. The van der Waals surface area contributed by atoms with E-state index in [2.05, 4.69) is 66.4 Å². The Kier molecular flexibility index (Phi) is 12.9. The van der Waals surface area contributed by atoms with Crippen LogP contribution in [0.4, 0.5) is 0 Å². The normalized spacial score (nSPS) is 18.3. The maximum atomic E-state index is 13.6. The Morgan fingerprint density at radius 2 is 1.86 bits per heavy atom. The second kappa shape index (κ2) is 18.1. The number of H-pyrrole nitrogens is 1. The molecule has 1 saturated carbocycles. The number of aryl methyl sites for hydroxylation is 2. The first-order valence-electron chi connectivity index (χ1n) is 21.7. The quantitative estimate of drug-likeness (QED) is 0.0544. The summed E-state index contributed by atoms with van der Waals surface area (Å²) in [6.45, 7) is 15.5. The van der Waals surface area contributed by atoms with E-state index in [9.17, 15) is 19.8 Å². The fraction of sp³-hybridized carbons (Fsp3) is 0.478. The molecule has 14 nitrogen and oxygen atoms in total. The number of pyridine rings is 1. The number of thiophene rings is 2. The minimum atomic E-state index is -2.27. The van der Waals surface area contributed by atoms with Crippen LogP contribution >= 0.6 is 22.7 Å². The molecule has 5 heterocycles. The van der Waals surface area contributed by atoms with Gasteiger partial charge < -0.3 is 44.1 Å². The van der Waals surface area contributed by atoms with Crippen molar-refractivity contribution in [1.82, 2.24) is 30.2 Å². The maximum Gasteiger partial charge on any atom is 0.349 e. The highest BCUT2D eigenvalue weighted by atomic mass is 32.1. The first-order chi connectivity index (χ1) is 30.0. The molecule has 63 heavy (non-hydrogen) atoms. The lowest BCUT2D eigenvalue weighted by atomic mass is 9.91. The van der Waals surface area contributed by atoms with Gasteiger partial charge in [-0.25, -0.2) is 9.48 Å². The number of carbonyl (C=O) groups is 1. The van der Waals surface area contributed by atoms with Crippen LogP contribution in [0.15, 0.2) is 64.8 Å². The summed E-state index contributed by atoms with van der Waals surface area (Å²) in [6, 6.07) is 16.4.